The van der Waals surface area contributed by atoms with Gasteiger partial charge in [-0.15, -0.1) is 0 Å². The zero-order chi connectivity index (χ0) is 11.7. The molecule has 0 aliphatic carbocycles. The molecule has 1 saturated heterocycles. The van der Waals surface area contributed by atoms with Crippen molar-refractivity contribution >= 4 is 34.7 Å². The molecule has 0 bridgehead atoms. The number of rotatable bonds is 1. The number of hydrogen-bond donors (Lipinski definition) is 1. The zero-order valence-electron chi connectivity index (χ0n) is 9.04. The Morgan fingerprint density at radius 3 is 3.00 bits per heavy atom. The van der Waals surface area contributed by atoms with Gasteiger partial charge in [-0.1, -0.05) is 11.6 Å². The average molecular weight is 261 g/mol. The molecule has 1 aliphatic rings. The first-order valence-corrected chi connectivity index (χ1v) is 6.71. The lowest BCUT2D eigenvalue weighted by Crippen LogP contribution is -2.40. The van der Waals surface area contributed by atoms with E-state index in [1.807, 2.05) is 11.8 Å². The largest absolute Gasteiger partial charge is 0.397 e. The SMILES string of the molecule is CC1CSCCN1c1cc(Cl)c(F)cc1N. The van der Waals surface area contributed by atoms with Gasteiger partial charge in [0, 0.05) is 30.2 Å². The zero-order valence-corrected chi connectivity index (χ0v) is 10.6. The highest BCUT2D eigenvalue weighted by atomic mass is 35.5. The fourth-order valence-corrected chi connectivity index (χ4v) is 3.06. The molecule has 1 heterocycles. The quantitative estimate of drug-likeness (QED) is 0.787. The number of thioether (sulfide) groups is 1. The minimum absolute atomic E-state index is 0.134. The molecule has 1 aromatic rings. The Morgan fingerprint density at radius 2 is 2.31 bits per heavy atom. The molecule has 1 aliphatic heterocycles. The third-order valence-corrected chi connectivity index (χ3v) is 4.23. The Kier molecular flexibility index (Phi) is 3.50. The van der Waals surface area contributed by atoms with Crippen LogP contribution in [0.3, 0.4) is 0 Å². The molecule has 0 saturated carbocycles. The minimum atomic E-state index is -0.457. The second kappa shape index (κ2) is 4.72. The predicted molar refractivity (Wildman–Crippen MR) is 70.0 cm³/mol. The molecule has 1 atom stereocenters. The molecule has 5 heteroatoms. The highest BCUT2D eigenvalue weighted by Crippen LogP contribution is 2.32. The van der Waals surface area contributed by atoms with Gasteiger partial charge >= 0.3 is 0 Å². The van der Waals surface area contributed by atoms with Crippen LogP contribution in [-0.4, -0.2) is 24.1 Å². The van der Waals surface area contributed by atoms with E-state index in [0.717, 1.165) is 23.7 Å². The van der Waals surface area contributed by atoms with E-state index in [9.17, 15) is 4.39 Å². The van der Waals surface area contributed by atoms with E-state index in [0.29, 0.717) is 11.7 Å². The number of nitrogen functional groups attached to an aromatic ring is 1. The molecule has 0 amide bonds. The van der Waals surface area contributed by atoms with Gasteiger partial charge in [-0.05, 0) is 13.0 Å². The van der Waals surface area contributed by atoms with E-state index in [2.05, 4.69) is 11.8 Å². The number of nitrogens with zero attached hydrogens (tertiary/aromatic N) is 1. The van der Waals surface area contributed by atoms with Crippen LogP contribution in [-0.2, 0) is 0 Å². The number of hydrogen-bond acceptors (Lipinski definition) is 3. The summed E-state index contributed by atoms with van der Waals surface area (Å²) >= 11 is 7.72. The maximum Gasteiger partial charge on any atom is 0.143 e. The summed E-state index contributed by atoms with van der Waals surface area (Å²) in [5.74, 6) is 1.68. The van der Waals surface area contributed by atoms with Gasteiger partial charge in [0.2, 0.25) is 0 Å². The Hall–Kier alpha value is -0.610. The van der Waals surface area contributed by atoms with Gasteiger partial charge in [0.1, 0.15) is 5.82 Å². The molecule has 1 unspecified atom stereocenters. The van der Waals surface area contributed by atoms with Crippen LogP contribution in [0.15, 0.2) is 12.1 Å². The summed E-state index contributed by atoms with van der Waals surface area (Å²) < 4.78 is 13.2. The molecule has 0 aromatic heterocycles. The van der Waals surface area contributed by atoms with Crippen molar-refractivity contribution in [2.45, 2.75) is 13.0 Å². The highest BCUT2D eigenvalue weighted by Gasteiger charge is 2.21. The molecular weight excluding hydrogens is 247 g/mol. The number of anilines is 2. The van der Waals surface area contributed by atoms with Crippen molar-refractivity contribution in [3.63, 3.8) is 0 Å². The standard InChI is InChI=1S/C11H14ClFN2S/c1-7-6-16-3-2-15(7)11-4-8(12)9(13)5-10(11)14/h4-5,7H,2-3,6,14H2,1H3. The van der Waals surface area contributed by atoms with Crippen LogP contribution in [0.2, 0.25) is 5.02 Å². The van der Waals surface area contributed by atoms with Crippen LogP contribution < -0.4 is 10.6 Å². The van der Waals surface area contributed by atoms with Gasteiger partial charge in [-0.25, -0.2) is 4.39 Å². The topological polar surface area (TPSA) is 29.3 Å². The summed E-state index contributed by atoms with van der Waals surface area (Å²) in [4.78, 5) is 2.19. The molecule has 2 rings (SSSR count). The normalized spacial score (nSPS) is 21.2. The maximum atomic E-state index is 13.2. The molecule has 0 radical (unpaired) electrons. The van der Waals surface area contributed by atoms with E-state index in [4.69, 9.17) is 17.3 Å². The van der Waals surface area contributed by atoms with Crippen molar-refractivity contribution < 1.29 is 4.39 Å². The smallest absolute Gasteiger partial charge is 0.143 e. The molecule has 1 fully saturated rings. The molecule has 0 spiro atoms. The second-order valence-corrected chi connectivity index (χ2v) is 5.50. The molecule has 88 valence electrons. The summed E-state index contributed by atoms with van der Waals surface area (Å²) in [6.45, 7) is 3.07. The van der Waals surface area contributed by atoms with Crippen molar-refractivity contribution in [2.75, 3.05) is 28.7 Å². The second-order valence-electron chi connectivity index (χ2n) is 3.94. The number of halogens is 2. The minimum Gasteiger partial charge on any atom is -0.397 e. The lowest BCUT2D eigenvalue weighted by Gasteiger charge is -2.35. The van der Waals surface area contributed by atoms with Gasteiger partial charge < -0.3 is 10.6 Å². The Labute approximate surface area is 104 Å². The van der Waals surface area contributed by atoms with E-state index in [1.54, 1.807) is 6.07 Å². The third-order valence-electron chi connectivity index (χ3n) is 2.75. The van der Waals surface area contributed by atoms with Crippen LogP contribution in [0.5, 0.6) is 0 Å². The fraction of sp³-hybridized carbons (Fsp3) is 0.455. The highest BCUT2D eigenvalue weighted by molar-refractivity contribution is 7.99. The van der Waals surface area contributed by atoms with Crippen LogP contribution in [0.1, 0.15) is 6.92 Å². The molecule has 16 heavy (non-hydrogen) atoms. The van der Waals surface area contributed by atoms with Gasteiger partial charge in [-0.2, -0.15) is 11.8 Å². The first kappa shape index (κ1) is 11.9. The van der Waals surface area contributed by atoms with E-state index < -0.39 is 5.82 Å². The maximum absolute atomic E-state index is 13.2. The molecule has 2 N–H and O–H groups in total. The van der Waals surface area contributed by atoms with Gasteiger partial charge in [0.25, 0.3) is 0 Å². The number of nitrogens with two attached hydrogens (primary N) is 1. The van der Waals surface area contributed by atoms with Gasteiger partial charge in [0.05, 0.1) is 16.4 Å². The van der Waals surface area contributed by atoms with Crippen molar-refractivity contribution in [3.05, 3.63) is 23.0 Å². The number of benzene rings is 1. The van der Waals surface area contributed by atoms with Gasteiger partial charge in [0.15, 0.2) is 0 Å². The van der Waals surface area contributed by atoms with Crippen LogP contribution in [0.4, 0.5) is 15.8 Å². The Morgan fingerprint density at radius 1 is 1.56 bits per heavy atom. The van der Waals surface area contributed by atoms with Crippen LogP contribution in [0, 0.1) is 5.82 Å². The summed E-state index contributed by atoms with van der Waals surface area (Å²) in [6.07, 6.45) is 0. The fourth-order valence-electron chi connectivity index (χ4n) is 1.89. The third kappa shape index (κ3) is 2.23. The summed E-state index contributed by atoms with van der Waals surface area (Å²) in [7, 11) is 0. The Bertz CT molecular complexity index is 400. The van der Waals surface area contributed by atoms with E-state index >= 15 is 0 Å². The molecule has 1 aromatic carbocycles. The summed E-state index contributed by atoms with van der Waals surface area (Å²) in [5.41, 5.74) is 7.14. The lowest BCUT2D eigenvalue weighted by molar-refractivity contribution is 0.627. The van der Waals surface area contributed by atoms with Gasteiger partial charge in [-0.3, -0.25) is 0 Å². The van der Waals surface area contributed by atoms with Crippen LogP contribution >= 0.6 is 23.4 Å². The molecule has 2 nitrogen and oxygen atoms in total. The van der Waals surface area contributed by atoms with Crippen LogP contribution in [0.25, 0.3) is 0 Å². The summed E-state index contributed by atoms with van der Waals surface area (Å²) in [6, 6.07) is 3.33. The Balaban J connectivity index is 2.35. The van der Waals surface area contributed by atoms with E-state index in [1.165, 1.54) is 6.07 Å². The lowest BCUT2D eigenvalue weighted by atomic mass is 10.2. The van der Waals surface area contributed by atoms with Crippen molar-refractivity contribution in [1.29, 1.82) is 0 Å². The first-order chi connectivity index (χ1) is 7.59. The monoisotopic (exact) mass is 260 g/mol. The summed E-state index contributed by atoms with van der Waals surface area (Å²) in [5, 5.41) is 0.134. The van der Waals surface area contributed by atoms with Crippen molar-refractivity contribution in [1.82, 2.24) is 0 Å². The first-order valence-electron chi connectivity index (χ1n) is 5.18. The van der Waals surface area contributed by atoms with Crippen molar-refractivity contribution in [2.24, 2.45) is 0 Å². The van der Waals surface area contributed by atoms with E-state index in [-0.39, 0.29) is 5.02 Å². The average Bonchev–Trinajstić information content (AvgIpc) is 2.25. The predicted octanol–water partition coefficient (Wildman–Crippen LogP) is 3.00. The molecular formula is C11H14ClFN2S. The van der Waals surface area contributed by atoms with Crippen molar-refractivity contribution in [3.8, 4) is 0 Å².